The number of rotatable bonds is 8. The molecule has 0 aromatic heterocycles. The first-order valence-corrected chi connectivity index (χ1v) is 10.3. The number of carbonyl (C=O) groups is 1. The molecule has 0 spiro atoms. The van der Waals surface area contributed by atoms with E-state index in [0.29, 0.717) is 29.5 Å². The number of hydrogen-bond donors (Lipinski definition) is 1. The predicted molar refractivity (Wildman–Crippen MR) is 115 cm³/mol. The fraction of sp³-hybridized carbons (Fsp3) is 0.435. The maximum atomic E-state index is 12.5. The van der Waals surface area contributed by atoms with E-state index < -0.39 is 11.0 Å². The van der Waals surface area contributed by atoms with Crippen LogP contribution in [0.4, 0.5) is 5.69 Å². The van der Waals surface area contributed by atoms with Gasteiger partial charge in [-0.05, 0) is 49.4 Å². The molecular weight excluding hydrogens is 384 g/mol. The van der Waals surface area contributed by atoms with Crippen molar-refractivity contribution >= 4 is 11.6 Å². The van der Waals surface area contributed by atoms with Crippen LogP contribution in [0, 0.1) is 16.0 Å². The lowest BCUT2D eigenvalue weighted by Crippen LogP contribution is -2.39. The van der Waals surface area contributed by atoms with Crippen LogP contribution in [0.5, 0.6) is 11.5 Å². The number of nitro benzene ring substituents is 1. The van der Waals surface area contributed by atoms with Gasteiger partial charge in [-0.2, -0.15) is 0 Å². The molecule has 3 rings (SSSR count). The molecule has 0 aliphatic heterocycles. The van der Waals surface area contributed by atoms with Gasteiger partial charge in [-0.1, -0.05) is 31.4 Å². The highest BCUT2D eigenvalue weighted by Crippen LogP contribution is 2.35. The molecule has 2 aromatic rings. The third-order valence-corrected chi connectivity index (χ3v) is 5.54. The normalized spacial score (nSPS) is 15.3. The van der Waals surface area contributed by atoms with Gasteiger partial charge >= 0.3 is 0 Å². The van der Waals surface area contributed by atoms with E-state index in [1.54, 1.807) is 44.4 Å². The molecule has 7 nitrogen and oxygen atoms in total. The third-order valence-electron chi connectivity index (χ3n) is 5.54. The van der Waals surface area contributed by atoms with Crippen LogP contribution in [0.2, 0.25) is 0 Å². The molecule has 0 unspecified atom stereocenters. The van der Waals surface area contributed by atoms with Crippen molar-refractivity contribution in [3.8, 4) is 22.6 Å². The minimum atomic E-state index is -0.716. The highest BCUT2D eigenvalue weighted by molar-refractivity contribution is 5.81. The number of non-ortho nitro benzene ring substituents is 1. The fourth-order valence-electron chi connectivity index (χ4n) is 3.75. The van der Waals surface area contributed by atoms with Crippen molar-refractivity contribution < 1.29 is 19.2 Å². The van der Waals surface area contributed by atoms with E-state index in [0.717, 1.165) is 18.4 Å². The van der Waals surface area contributed by atoms with Gasteiger partial charge in [0.25, 0.3) is 11.6 Å². The van der Waals surface area contributed by atoms with E-state index in [9.17, 15) is 14.9 Å². The SMILES string of the molecule is COc1ccc(-c2cc([N+](=O)[O-])ccc2O[C@H](C)C(=O)NCC2CCCCC2)cc1. The molecule has 0 bridgehead atoms. The number of nitro groups is 1. The zero-order valence-electron chi connectivity index (χ0n) is 17.4. The van der Waals surface area contributed by atoms with E-state index in [1.807, 2.05) is 0 Å². The second-order valence-electron chi connectivity index (χ2n) is 7.68. The van der Waals surface area contributed by atoms with Crippen molar-refractivity contribution in [3.63, 3.8) is 0 Å². The molecule has 160 valence electrons. The topological polar surface area (TPSA) is 90.7 Å². The van der Waals surface area contributed by atoms with E-state index in [-0.39, 0.29) is 11.6 Å². The van der Waals surface area contributed by atoms with Crippen LogP contribution in [0.1, 0.15) is 39.0 Å². The third kappa shape index (κ3) is 5.49. The van der Waals surface area contributed by atoms with Crippen LogP contribution in [0.25, 0.3) is 11.1 Å². The molecular formula is C23H28N2O5. The number of hydrogen-bond acceptors (Lipinski definition) is 5. The van der Waals surface area contributed by atoms with Crippen molar-refractivity contribution in [1.29, 1.82) is 0 Å². The van der Waals surface area contributed by atoms with Crippen LogP contribution in [-0.4, -0.2) is 30.6 Å². The van der Waals surface area contributed by atoms with Gasteiger partial charge in [0.1, 0.15) is 11.5 Å². The Morgan fingerprint density at radius 3 is 2.50 bits per heavy atom. The standard InChI is InChI=1S/C23H28N2O5/c1-16(23(26)24-15-17-6-4-3-5-7-17)30-22-13-10-19(25(27)28)14-21(22)18-8-11-20(29-2)12-9-18/h8-14,16-17H,3-7,15H2,1-2H3,(H,24,26)/t16-/m1/s1. The molecule has 1 aliphatic carbocycles. The molecule has 0 saturated heterocycles. The van der Waals surface area contributed by atoms with Crippen molar-refractivity contribution in [3.05, 3.63) is 52.6 Å². The van der Waals surface area contributed by atoms with Crippen molar-refractivity contribution in [2.75, 3.05) is 13.7 Å². The molecule has 1 aliphatic rings. The first-order valence-electron chi connectivity index (χ1n) is 10.3. The summed E-state index contributed by atoms with van der Waals surface area (Å²) in [5.74, 6) is 1.46. The second kappa shape index (κ2) is 10.1. The van der Waals surface area contributed by atoms with Gasteiger partial charge in [0, 0.05) is 24.2 Å². The van der Waals surface area contributed by atoms with Crippen molar-refractivity contribution in [1.82, 2.24) is 5.32 Å². The molecule has 30 heavy (non-hydrogen) atoms. The first-order chi connectivity index (χ1) is 14.5. The zero-order valence-corrected chi connectivity index (χ0v) is 17.4. The Bertz CT molecular complexity index is 876. The van der Waals surface area contributed by atoms with Crippen LogP contribution >= 0.6 is 0 Å². The van der Waals surface area contributed by atoms with Crippen LogP contribution in [0.3, 0.4) is 0 Å². The van der Waals surface area contributed by atoms with E-state index in [2.05, 4.69) is 5.32 Å². The van der Waals surface area contributed by atoms with E-state index in [1.165, 1.54) is 31.4 Å². The van der Waals surface area contributed by atoms with Gasteiger partial charge in [-0.3, -0.25) is 14.9 Å². The summed E-state index contributed by atoms with van der Waals surface area (Å²) in [7, 11) is 1.57. The number of nitrogens with zero attached hydrogens (tertiary/aromatic N) is 1. The average molecular weight is 412 g/mol. The van der Waals surface area contributed by atoms with Crippen LogP contribution < -0.4 is 14.8 Å². The minimum Gasteiger partial charge on any atom is -0.497 e. The van der Waals surface area contributed by atoms with Crippen LogP contribution in [0.15, 0.2) is 42.5 Å². The summed E-state index contributed by atoms with van der Waals surface area (Å²) in [4.78, 5) is 23.3. The Morgan fingerprint density at radius 1 is 1.17 bits per heavy atom. The Hall–Kier alpha value is -3.09. The molecule has 1 fully saturated rings. The van der Waals surface area contributed by atoms with Gasteiger partial charge in [0.2, 0.25) is 0 Å². The molecule has 1 saturated carbocycles. The Balaban J connectivity index is 1.74. The van der Waals surface area contributed by atoms with Gasteiger partial charge in [0.15, 0.2) is 6.10 Å². The number of amides is 1. The number of carbonyl (C=O) groups excluding carboxylic acids is 1. The number of methoxy groups -OCH3 is 1. The highest BCUT2D eigenvalue weighted by Gasteiger charge is 2.21. The quantitative estimate of drug-likeness (QED) is 0.500. The van der Waals surface area contributed by atoms with Gasteiger partial charge < -0.3 is 14.8 Å². The highest BCUT2D eigenvalue weighted by atomic mass is 16.6. The Morgan fingerprint density at radius 2 is 1.87 bits per heavy atom. The fourth-order valence-corrected chi connectivity index (χ4v) is 3.75. The number of benzene rings is 2. The average Bonchev–Trinajstić information content (AvgIpc) is 2.78. The lowest BCUT2D eigenvalue weighted by molar-refractivity contribution is -0.384. The molecule has 0 heterocycles. The van der Waals surface area contributed by atoms with Gasteiger partial charge in [-0.15, -0.1) is 0 Å². The molecule has 0 radical (unpaired) electrons. The minimum absolute atomic E-state index is 0.0393. The smallest absolute Gasteiger partial charge is 0.270 e. The van der Waals surface area contributed by atoms with E-state index in [4.69, 9.17) is 9.47 Å². The number of nitrogens with one attached hydrogen (secondary N) is 1. The monoisotopic (exact) mass is 412 g/mol. The predicted octanol–water partition coefficient (Wildman–Crippen LogP) is 4.73. The zero-order chi connectivity index (χ0) is 21.5. The maximum Gasteiger partial charge on any atom is 0.270 e. The first kappa shape index (κ1) is 21.6. The maximum absolute atomic E-state index is 12.5. The Kier molecular flexibility index (Phi) is 7.27. The lowest BCUT2D eigenvalue weighted by Gasteiger charge is -2.23. The van der Waals surface area contributed by atoms with Crippen molar-refractivity contribution in [2.24, 2.45) is 5.92 Å². The van der Waals surface area contributed by atoms with Gasteiger partial charge in [0.05, 0.1) is 12.0 Å². The second-order valence-corrected chi connectivity index (χ2v) is 7.68. The summed E-state index contributed by atoms with van der Waals surface area (Å²) >= 11 is 0. The summed E-state index contributed by atoms with van der Waals surface area (Å²) in [6.45, 7) is 2.35. The largest absolute Gasteiger partial charge is 0.497 e. The summed E-state index contributed by atoms with van der Waals surface area (Å²) in [6, 6.07) is 11.6. The summed E-state index contributed by atoms with van der Waals surface area (Å²) in [5.41, 5.74) is 1.26. The molecule has 1 atom stereocenters. The lowest BCUT2D eigenvalue weighted by atomic mass is 9.89. The Labute approximate surface area is 176 Å². The molecule has 7 heteroatoms. The summed E-state index contributed by atoms with van der Waals surface area (Å²) in [6.07, 6.45) is 5.31. The van der Waals surface area contributed by atoms with Crippen LogP contribution in [-0.2, 0) is 4.79 Å². The molecule has 1 amide bonds. The van der Waals surface area contributed by atoms with E-state index >= 15 is 0 Å². The van der Waals surface area contributed by atoms with Gasteiger partial charge in [-0.25, -0.2) is 0 Å². The van der Waals surface area contributed by atoms with Crippen molar-refractivity contribution in [2.45, 2.75) is 45.1 Å². The molecule has 1 N–H and O–H groups in total. The summed E-state index contributed by atoms with van der Waals surface area (Å²) in [5, 5.41) is 14.2. The number of ether oxygens (including phenoxy) is 2. The molecule has 2 aromatic carbocycles. The summed E-state index contributed by atoms with van der Waals surface area (Å²) < 4.78 is 11.1.